The van der Waals surface area contributed by atoms with Crippen LogP contribution in [0.25, 0.3) is 22.8 Å². The number of nitrogens with one attached hydrogen (secondary N) is 2. The van der Waals surface area contributed by atoms with Gasteiger partial charge in [0.2, 0.25) is 0 Å². The van der Waals surface area contributed by atoms with Gasteiger partial charge in [0.05, 0.1) is 5.69 Å². The van der Waals surface area contributed by atoms with Crippen LogP contribution < -0.4 is 5.32 Å². The van der Waals surface area contributed by atoms with Crippen molar-refractivity contribution in [3.05, 3.63) is 54.6 Å². The highest BCUT2D eigenvalue weighted by Gasteiger charge is 2.24. The van der Waals surface area contributed by atoms with Gasteiger partial charge < -0.3 is 10.1 Å². The Kier molecular flexibility index (Phi) is 4.26. The number of hydrogen-bond acceptors (Lipinski definition) is 4. The van der Waals surface area contributed by atoms with Gasteiger partial charge in [-0.05, 0) is 25.0 Å². The summed E-state index contributed by atoms with van der Waals surface area (Å²) >= 11 is 0. The second-order valence-electron chi connectivity index (χ2n) is 5.91. The number of amides is 1. The normalized spacial score (nSPS) is 16.7. The molecule has 2 heterocycles. The van der Waals surface area contributed by atoms with Gasteiger partial charge in [0.1, 0.15) is 6.10 Å². The number of para-hydroxylation sites is 1. The molecule has 4 rings (SSSR count). The van der Waals surface area contributed by atoms with Crippen molar-refractivity contribution in [1.82, 2.24) is 15.2 Å². The predicted octanol–water partition coefficient (Wildman–Crippen LogP) is 3.26. The summed E-state index contributed by atoms with van der Waals surface area (Å²) in [5.74, 6) is 1.12. The van der Waals surface area contributed by atoms with Crippen molar-refractivity contribution in [3.63, 3.8) is 0 Å². The number of carbonyl (C=O) groups is 1. The molecule has 0 saturated carbocycles. The van der Waals surface area contributed by atoms with E-state index < -0.39 is 0 Å². The third-order valence-electron chi connectivity index (χ3n) is 4.18. The topological polar surface area (TPSA) is 79.9 Å². The van der Waals surface area contributed by atoms with Crippen molar-refractivity contribution in [2.24, 2.45) is 0 Å². The van der Waals surface area contributed by atoms with Gasteiger partial charge in [-0.3, -0.25) is 9.89 Å². The molecular formula is C19H18N4O2. The Morgan fingerprint density at radius 2 is 1.92 bits per heavy atom. The van der Waals surface area contributed by atoms with E-state index in [2.05, 4.69) is 20.5 Å². The summed E-state index contributed by atoms with van der Waals surface area (Å²) in [5, 5.41) is 10.2. The van der Waals surface area contributed by atoms with Crippen LogP contribution in [-0.4, -0.2) is 33.8 Å². The summed E-state index contributed by atoms with van der Waals surface area (Å²) in [4.78, 5) is 16.9. The average molecular weight is 334 g/mol. The number of nitrogens with zero attached hydrogens (tertiary/aromatic N) is 2. The molecule has 0 radical (unpaired) electrons. The van der Waals surface area contributed by atoms with E-state index in [1.54, 1.807) is 0 Å². The van der Waals surface area contributed by atoms with Crippen LogP contribution in [0, 0.1) is 0 Å². The molecule has 126 valence electrons. The largest absolute Gasteiger partial charge is 0.368 e. The molecule has 0 spiro atoms. The monoisotopic (exact) mass is 334 g/mol. The lowest BCUT2D eigenvalue weighted by atomic mass is 10.1. The van der Waals surface area contributed by atoms with Crippen LogP contribution in [0.3, 0.4) is 0 Å². The van der Waals surface area contributed by atoms with Gasteiger partial charge in [-0.2, -0.15) is 5.10 Å². The number of H-pyrrole nitrogens is 1. The standard InChI is InChI=1S/C19H18N4O2/c24-19(16-11-6-12-25-16)20-15-10-5-4-9-14(15)18-21-17(22-23-18)13-7-2-1-3-8-13/h1-5,7-10,16H,6,11-12H2,(H,20,24)(H,21,22,23). The minimum Gasteiger partial charge on any atom is -0.368 e. The SMILES string of the molecule is O=C(Nc1ccccc1-c1nc(-c2ccccc2)n[nH]1)C1CCCO1. The number of rotatable bonds is 4. The van der Waals surface area contributed by atoms with E-state index in [9.17, 15) is 4.79 Å². The van der Waals surface area contributed by atoms with Gasteiger partial charge >= 0.3 is 0 Å². The van der Waals surface area contributed by atoms with Crippen molar-refractivity contribution >= 4 is 11.6 Å². The minimum atomic E-state index is -0.373. The maximum absolute atomic E-state index is 12.3. The molecule has 6 heteroatoms. The molecule has 1 unspecified atom stereocenters. The predicted molar refractivity (Wildman–Crippen MR) is 94.9 cm³/mol. The number of hydrogen-bond donors (Lipinski definition) is 2. The van der Waals surface area contributed by atoms with Crippen molar-refractivity contribution in [2.45, 2.75) is 18.9 Å². The first-order valence-corrected chi connectivity index (χ1v) is 8.31. The minimum absolute atomic E-state index is 0.118. The highest BCUT2D eigenvalue weighted by Crippen LogP contribution is 2.27. The summed E-state index contributed by atoms with van der Waals surface area (Å²) in [6.07, 6.45) is 1.30. The molecule has 0 bridgehead atoms. The van der Waals surface area contributed by atoms with E-state index in [-0.39, 0.29) is 12.0 Å². The summed E-state index contributed by atoms with van der Waals surface area (Å²) in [6, 6.07) is 17.3. The average Bonchev–Trinajstić information content (AvgIpc) is 3.35. The first-order valence-electron chi connectivity index (χ1n) is 8.31. The van der Waals surface area contributed by atoms with Gasteiger partial charge in [-0.25, -0.2) is 4.98 Å². The van der Waals surface area contributed by atoms with Crippen LogP contribution in [0.15, 0.2) is 54.6 Å². The van der Waals surface area contributed by atoms with E-state index in [4.69, 9.17) is 4.74 Å². The van der Waals surface area contributed by atoms with Crippen molar-refractivity contribution in [1.29, 1.82) is 0 Å². The van der Waals surface area contributed by atoms with Gasteiger partial charge in [-0.1, -0.05) is 42.5 Å². The molecule has 3 aromatic rings. The molecule has 25 heavy (non-hydrogen) atoms. The molecule has 1 saturated heterocycles. The van der Waals surface area contributed by atoms with E-state index >= 15 is 0 Å². The Morgan fingerprint density at radius 3 is 2.72 bits per heavy atom. The number of aromatic amines is 1. The van der Waals surface area contributed by atoms with Crippen LogP contribution in [0.4, 0.5) is 5.69 Å². The van der Waals surface area contributed by atoms with Gasteiger partial charge in [0, 0.05) is 17.7 Å². The van der Waals surface area contributed by atoms with E-state index in [0.29, 0.717) is 23.9 Å². The Hall–Kier alpha value is -2.99. The zero-order valence-corrected chi connectivity index (χ0v) is 13.6. The summed E-state index contributed by atoms with van der Waals surface area (Å²) in [7, 11) is 0. The first kappa shape index (κ1) is 15.5. The Morgan fingerprint density at radius 1 is 1.12 bits per heavy atom. The molecule has 0 aliphatic carbocycles. The van der Waals surface area contributed by atoms with Crippen molar-refractivity contribution in [2.75, 3.05) is 11.9 Å². The lowest BCUT2D eigenvalue weighted by Gasteiger charge is -2.12. The molecule has 1 aliphatic rings. The molecule has 1 aliphatic heterocycles. The second-order valence-corrected chi connectivity index (χ2v) is 5.91. The van der Waals surface area contributed by atoms with Crippen LogP contribution in [0.2, 0.25) is 0 Å². The fourth-order valence-electron chi connectivity index (χ4n) is 2.89. The lowest BCUT2D eigenvalue weighted by molar-refractivity contribution is -0.124. The molecule has 1 atom stereocenters. The molecule has 1 aromatic heterocycles. The van der Waals surface area contributed by atoms with E-state index in [1.165, 1.54) is 0 Å². The third-order valence-corrected chi connectivity index (χ3v) is 4.18. The van der Waals surface area contributed by atoms with Crippen molar-refractivity contribution < 1.29 is 9.53 Å². The smallest absolute Gasteiger partial charge is 0.253 e. The molecular weight excluding hydrogens is 316 g/mol. The number of benzene rings is 2. The summed E-state index contributed by atoms with van der Waals surface area (Å²) in [5.41, 5.74) is 2.42. The summed E-state index contributed by atoms with van der Waals surface area (Å²) in [6.45, 7) is 0.641. The third kappa shape index (κ3) is 3.29. The maximum atomic E-state index is 12.3. The van der Waals surface area contributed by atoms with E-state index in [0.717, 1.165) is 24.0 Å². The molecule has 1 fully saturated rings. The van der Waals surface area contributed by atoms with Crippen molar-refractivity contribution in [3.8, 4) is 22.8 Å². The number of aromatic nitrogens is 3. The fourth-order valence-corrected chi connectivity index (χ4v) is 2.89. The number of ether oxygens (including phenoxy) is 1. The highest BCUT2D eigenvalue weighted by molar-refractivity contribution is 5.97. The Labute approximate surface area is 145 Å². The number of anilines is 1. The lowest BCUT2D eigenvalue weighted by Crippen LogP contribution is -2.27. The Bertz CT molecular complexity index is 870. The molecule has 2 aromatic carbocycles. The first-order chi connectivity index (χ1) is 12.3. The van der Waals surface area contributed by atoms with Crippen LogP contribution in [0.1, 0.15) is 12.8 Å². The van der Waals surface area contributed by atoms with Gasteiger partial charge in [0.25, 0.3) is 5.91 Å². The van der Waals surface area contributed by atoms with Crippen LogP contribution in [0.5, 0.6) is 0 Å². The summed E-state index contributed by atoms with van der Waals surface area (Å²) < 4.78 is 5.45. The maximum Gasteiger partial charge on any atom is 0.253 e. The second kappa shape index (κ2) is 6.86. The fraction of sp³-hybridized carbons (Fsp3) is 0.211. The molecule has 6 nitrogen and oxygen atoms in total. The van der Waals surface area contributed by atoms with Crippen LogP contribution >= 0.6 is 0 Å². The Balaban J connectivity index is 1.61. The molecule has 1 amide bonds. The molecule has 2 N–H and O–H groups in total. The van der Waals surface area contributed by atoms with Gasteiger partial charge in [-0.15, -0.1) is 0 Å². The van der Waals surface area contributed by atoms with E-state index in [1.807, 2.05) is 54.6 Å². The zero-order valence-electron chi connectivity index (χ0n) is 13.6. The van der Waals surface area contributed by atoms with Gasteiger partial charge in [0.15, 0.2) is 11.6 Å². The zero-order chi connectivity index (χ0) is 17.1. The highest BCUT2D eigenvalue weighted by atomic mass is 16.5. The quantitative estimate of drug-likeness (QED) is 0.767. The van der Waals surface area contributed by atoms with Crippen LogP contribution in [-0.2, 0) is 9.53 Å². The number of carbonyl (C=O) groups excluding carboxylic acids is 1.